The molecule has 0 atom stereocenters. The fourth-order valence-electron chi connectivity index (χ4n) is 3.83. The maximum absolute atomic E-state index is 12.7. The third-order valence-electron chi connectivity index (χ3n) is 5.98. The smallest absolute Gasteiger partial charge is 0.227 e. The van der Waals surface area contributed by atoms with Gasteiger partial charge in [0.2, 0.25) is 11.8 Å². The first-order valence-corrected chi connectivity index (χ1v) is 10.3. The minimum absolute atomic E-state index is 0.0293. The Morgan fingerprint density at radius 1 is 0.828 bits per heavy atom. The third-order valence-corrected chi connectivity index (χ3v) is 5.98. The number of hydrogen-bond acceptors (Lipinski definition) is 3. The minimum Gasteiger partial charge on any atom is -0.378 e. The van der Waals surface area contributed by atoms with E-state index in [0.29, 0.717) is 0 Å². The molecule has 0 heterocycles. The summed E-state index contributed by atoms with van der Waals surface area (Å²) >= 11 is 0. The molecule has 2 aromatic carbocycles. The SMILES string of the molecule is Cc1cccc(NC(=O)C2CCC(C(=O)Nc3ccc(N(C)C)cc3)CC2)c1C. The van der Waals surface area contributed by atoms with Crippen LogP contribution in [-0.2, 0) is 9.59 Å². The fourth-order valence-corrected chi connectivity index (χ4v) is 3.83. The van der Waals surface area contributed by atoms with Gasteiger partial charge in [-0.25, -0.2) is 0 Å². The van der Waals surface area contributed by atoms with Crippen molar-refractivity contribution in [2.75, 3.05) is 29.6 Å². The molecule has 1 aliphatic carbocycles. The van der Waals surface area contributed by atoms with Crippen molar-refractivity contribution < 1.29 is 9.59 Å². The molecule has 0 unspecified atom stereocenters. The van der Waals surface area contributed by atoms with Gasteiger partial charge in [-0.15, -0.1) is 0 Å². The number of hydrogen-bond donors (Lipinski definition) is 2. The summed E-state index contributed by atoms with van der Waals surface area (Å²) < 4.78 is 0. The van der Waals surface area contributed by atoms with Gasteiger partial charge in [-0.1, -0.05) is 12.1 Å². The van der Waals surface area contributed by atoms with E-state index in [1.807, 2.05) is 75.3 Å². The second-order valence-electron chi connectivity index (χ2n) is 8.22. The molecular weight excluding hydrogens is 362 g/mol. The van der Waals surface area contributed by atoms with E-state index < -0.39 is 0 Å². The summed E-state index contributed by atoms with van der Waals surface area (Å²) in [6, 6.07) is 13.8. The average molecular weight is 394 g/mol. The van der Waals surface area contributed by atoms with E-state index >= 15 is 0 Å². The third kappa shape index (κ3) is 5.17. The van der Waals surface area contributed by atoms with E-state index in [4.69, 9.17) is 0 Å². The van der Waals surface area contributed by atoms with Gasteiger partial charge in [-0.2, -0.15) is 0 Å². The van der Waals surface area contributed by atoms with E-state index in [2.05, 4.69) is 10.6 Å². The molecule has 5 heteroatoms. The maximum Gasteiger partial charge on any atom is 0.227 e. The van der Waals surface area contributed by atoms with Crippen molar-refractivity contribution in [2.45, 2.75) is 39.5 Å². The van der Waals surface area contributed by atoms with Crippen LogP contribution in [0.3, 0.4) is 0 Å². The normalized spacial score (nSPS) is 18.8. The summed E-state index contributed by atoms with van der Waals surface area (Å²) in [4.78, 5) is 27.3. The Morgan fingerprint density at radius 2 is 1.38 bits per heavy atom. The van der Waals surface area contributed by atoms with Gasteiger partial charge < -0.3 is 15.5 Å². The molecule has 0 aromatic heterocycles. The van der Waals surface area contributed by atoms with Crippen LogP contribution in [0.25, 0.3) is 0 Å². The first kappa shape index (κ1) is 20.9. The molecule has 29 heavy (non-hydrogen) atoms. The summed E-state index contributed by atoms with van der Waals surface area (Å²) in [5.74, 6) is 0.0550. The van der Waals surface area contributed by atoms with Crippen molar-refractivity contribution in [3.8, 4) is 0 Å². The van der Waals surface area contributed by atoms with E-state index in [0.717, 1.165) is 48.3 Å². The Morgan fingerprint density at radius 3 is 1.93 bits per heavy atom. The molecule has 2 N–H and O–H groups in total. The lowest BCUT2D eigenvalue weighted by Gasteiger charge is -2.27. The molecule has 154 valence electrons. The fraction of sp³-hybridized carbons (Fsp3) is 0.417. The second-order valence-corrected chi connectivity index (χ2v) is 8.22. The molecule has 0 radical (unpaired) electrons. The highest BCUT2D eigenvalue weighted by atomic mass is 16.2. The lowest BCUT2D eigenvalue weighted by atomic mass is 9.81. The van der Waals surface area contributed by atoms with Gasteiger partial charge in [-0.3, -0.25) is 9.59 Å². The topological polar surface area (TPSA) is 61.4 Å². The standard InChI is InChI=1S/C24H31N3O2/c1-16-6-5-7-22(17(16)2)26-24(29)19-10-8-18(9-11-19)23(28)25-20-12-14-21(15-13-20)27(3)4/h5-7,12-15,18-19H,8-11H2,1-4H3,(H,25,28)(H,26,29). The first-order chi connectivity index (χ1) is 13.8. The molecule has 3 rings (SSSR count). The summed E-state index contributed by atoms with van der Waals surface area (Å²) in [6.45, 7) is 4.07. The van der Waals surface area contributed by atoms with Crippen molar-refractivity contribution in [3.05, 3.63) is 53.6 Å². The Balaban J connectivity index is 1.51. The molecule has 1 aliphatic rings. The predicted octanol–water partition coefficient (Wildman–Crippen LogP) is 4.75. The maximum atomic E-state index is 12.7. The van der Waals surface area contributed by atoms with E-state index in [1.54, 1.807) is 0 Å². The highest BCUT2D eigenvalue weighted by molar-refractivity contribution is 5.95. The lowest BCUT2D eigenvalue weighted by Crippen LogP contribution is -2.32. The second kappa shape index (κ2) is 9.12. The Hall–Kier alpha value is -2.82. The van der Waals surface area contributed by atoms with Crippen LogP contribution in [0.5, 0.6) is 0 Å². The lowest BCUT2D eigenvalue weighted by molar-refractivity contribution is -0.125. The van der Waals surface area contributed by atoms with Crippen molar-refractivity contribution in [2.24, 2.45) is 11.8 Å². The van der Waals surface area contributed by atoms with Crippen LogP contribution in [0.1, 0.15) is 36.8 Å². The number of rotatable bonds is 5. The predicted molar refractivity (Wildman–Crippen MR) is 119 cm³/mol. The van der Waals surface area contributed by atoms with Crippen molar-refractivity contribution in [1.29, 1.82) is 0 Å². The largest absolute Gasteiger partial charge is 0.378 e. The Kier molecular flexibility index (Phi) is 6.57. The molecule has 1 saturated carbocycles. The van der Waals surface area contributed by atoms with Gasteiger partial charge in [0.15, 0.2) is 0 Å². The zero-order valence-electron chi connectivity index (χ0n) is 17.8. The number of carbonyl (C=O) groups excluding carboxylic acids is 2. The highest BCUT2D eigenvalue weighted by Crippen LogP contribution is 2.31. The number of amides is 2. The number of nitrogens with zero attached hydrogens (tertiary/aromatic N) is 1. The van der Waals surface area contributed by atoms with E-state index in [9.17, 15) is 9.59 Å². The average Bonchev–Trinajstić information content (AvgIpc) is 2.72. The van der Waals surface area contributed by atoms with Crippen LogP contribution in [0.2, 0.25) is 0 Å². The quantitative estimate of drug-likeness (QED) is 0.770. The Labute approximate surface area is 173 Å². The molecule has 0 spiro atoms. The van der Waals surface area contributed by atoms with Crippen LogP contribution in [0, 0.1) is 25.7 Å². The summed E-state index contributed by atoms with van der Waals surface area (Å²) in [5.41, 5.74) is 5.07. The molecular formula is C24H31N3O2. The Bertz CT molecular complexity index is 866. The van der Waals surface area contributed by atoms with Crippen LogP contribution < -0.4 is 15.5 Å². The monoisotopic (exact) mass is 393 g/mol. The summed E-state index contributed by atoms with van der Waals surface area (Å²) in [5, 5.41) is 6.09. The number of aryl methyl sites for hydroxylation is 1. The summed E-state index contributed by atoms with van der Waals surface area (Å²) in [6.07, 6.45) is 2.97. The van der Waals surface area contributed by atoms with Gasteiger partial charge in [0.1, 0.15) is 0 Å². The molecule has 1 fully saturated rings. The van der Waals surface area contributed by atoms with Crippen LogP contribution in [0.4, 0.5) is 17.1 Å². The van der Waals surface area contributed by atoms with Crippen LogP contribution >= 0.6 is 0 Å². The van der Waals surface area contributed by atoms with Crippen molar-refractivity contribution >= 4 is 28.9 Å². The van der Waals surface area contributed by atoms with Gasteiger partial charge in [0.05, 0.1) is 0 Å². The number of anilines is 3. The van der Waals surface area contributed by atoms with Gasteiger partial charge in [0.25, 0.3) is 0 Å². The molecule has 0 bridgehead atoms. The number of benzene rings is 2. The van der Waals surface area contributed by atoms with Crippen molar-refractivity contribution in [3.63, 3.8) is 0 Å². The van der Waals surface area contributed by atoms with Crippen LogP contribution in [0.15, 0.2) is 42.5 Å². The van der Waals surface area contributed by atoms with E-state index in [1.165, 1.54) is 5.56 Å². The first-order valence-electron chi connectivity index (χ1n) is 10.3. The highest BCUT2D eigenvalue weighted by Gasteiger charge is 2.30. The van der Waals surface area contributed by atoms with Gasteiger partial charge in [-0.05, 0) is 81.0 Å². The zero-order valence-corrected chi connectivity index (χ0v) is 17.8. The minimum atomic E-state index is -0.0340. The molecule has 2 aromatic rings. The molecule has 5 nitrogen and oxygen atoms in total. The molecule has 2 amide bonds. The van der Waals surface area contributed by atoms with Gasteiger partial charge >= 0.3 is 0 Å². The molecule has 0 aliphatic heterocycles. The van der Waals surface area contributed by atoms with Crippen LogP contribution in [-0.4, -0.2) is 25.9 Å². The summed E-state index contributed by atoms with van der Waals surface area (Å²) in [7, 11) is 3.98. The molecule has 0 saturated heterocycles. The van der Waals surface area contributed by atoms with E-state index in [-0.39, 0.29) is 23.7 Å². The number of carbonyl (C=O) groups is 2. The number of nitrogens with one attached hydrogen (secondary N) is 2. The zero-order chi connectivity index (χ0) is 21.0. The van der Waals surface area contributed by atoms with Gasteiger partial charge in [0, 0.05) is 43.0 Å². The van der Waals surface area contributed by atoms with Crippen molar-refractivity contribution in [1.82, 2.24) is 0 Å².